The summed E-state index contributed by atoms with van der Waals surface area (Å²) in [7, 11) is 0. The number of hydrogen-bond acceptors (Lipinski definition) is 1. The van der Waals surface area contributed by atoms with Crippen LogP contribution in [0.1, 0.15) is 30.5 Å². The molecule has 0 saturated carbocycles. The minimum absolute atomic E-state index is 0.301. The number of carbonyl (C=O) groups excluding carboxylic acids is 1. The molecule has 0 N–H and O–H groups in total. The molecule has 1 amide bonds. The van der Waals surface area contributed by atoms with E-state index >= 15 is 0 Å². The Morgan fingerprint density at radius 1 is 1.07 bits per heavy atom. The maximum Gasteiger partial charge on any atom is 0.222 e. The Labute approximate surface area is 175 Å². The number of piperidine rings is 1. The number of carbonyl (C=O) groups is 1. The quantitative estimate of drug-likeness (QED) is 0.509. The number of likely N-dealkylation sites (tertiary alicyclic amines) is 1. The number of benzene rings is 2. The van der Waals surface area contributed by atoms with Gasteiger partial charge in [-0.2, -0.15) is 0 Å². The van der Waals surface area contributed by atoms with Crippen molar-refractivity contribution in [1.29, 1.82) is 0 Å². The molecule has 28 heavy (non-hydrogen) atoms. The van der Waals surface area contributed by atoms with Gasteiger partial charge < -0.3 is 9.47 Å². The van der Waals surface area contributed by atoms with Crippen molar-refractivity contribution in [2.45, 2.75) is 39.2 Å². The highest BCUT2D eigenvalue weighted by molar-refractivity contribution is 9.10. The number of fused-ring (bicyclic) bond motifs is 1. The minimum atomic E-state index is 0.301. The average molecular weight is 439 g/mol. The summed E-state index contributed by atoms with van der Waals surface area (Å²) < 4.78 is 3.57. The van der Waals surface area contributed by atoms with E-state index in [-0.39, 0.29) is 0 Å². The molecule has 0 bridgehead atoms. The summed E-state index contributed by atoms with van der Waals surface area (Å²) in [6.45, 7) is 5.02. The van der Waals surface area contributed by atoms with Gasteiger partial charge in [0.05, 0.1) is 0 Å². The lowest BCUT2D eigenvalue weighted by Crippen LogP contribution is -2.39. The van der Waals surface area contributed by atoms with E-state index in [0.29, 0.717) is 18.2 Å². The molecule has 4 heteroatoms. The molecule has 2 heterocycles. The van der Waals surface area contributed by atoms with Gasteiger partial charge >= 0.3 is 0 Å². The lowest BCUT2D eigenvalue weighted by Gasteiger charge is -2.32. The molecule has 1 aromatic heterocycles. The highest BCUT2D eigenvalue weighted by Gasteiger charge is 2.23. The summed E-state index contributed by atoms with van der Waals surface area (Å²) >= 11 is 3.57. The van der Waals surface area contributed by atoms with Crippen LogP contribution in [0.25, 0.3) is 10.9 Å². The zero-order chi connectivity index (χ0) is 19.5. The van der Waals surface area contributed by atoms with Crippen LogP contribution in [-0.4, -0.2) is 28.5 Å². The van der Waals surface area contributed by atoms with Gasteiger partial charge in [-0.1, -0.05) is 46.3 Å². The first-order valence-electron chi connectivity index (χ1n) is 10.2. The normalized spacial score (nSPS) is 15.3. The van der Waals surface area contributed by atoms with E-state index in [1.807, 2.05) is 18.2 Å². The lowest BCUT2D eigenvalue weighted by atomic mass is 9.96. The van der Waals surface area contributed by atoms with Gasteiger partial charge in [0.1, 0.15) is 0 Å². The van der Waals surface area contributed by atoms with Gasteiger partial charge in [0.15, 0.2) is 0 Å². The topological polar surface area (TPSA) is 25.2 Å². The molecule has 1 aliphatic heterocycles. The minimum Gasteiger partial charge on any atom is -0.345 e. The monoisotopic (exact) mass is 438 g/mol. The van der Waals surface area contributed by atoms with Crippen LogP contribution in [0.3, 0.4) is 0 Å². The Balaban J connectivity index is 1.32. The van der Waals surface area contributed by atoms with Crippen molar-refractivity contribution in [2.75, 3.05) is 13.1 Å². The van der Waals surface area contributed by atoms with Crippen LogP contribution in [0, 0.1) is 12.8 Å². The van der Waals surface area contributed by atoms with Crippen LogP contribution in [0.4, 0.5) is 0 Å². The third-order valence-corrected chi connectivity index (χ3v) is 6.44. The second kappa shape index (κ2) is 8.52. The molecule has 0 unspecified atom stereocenters. The largest absolute Gasteiger partial charge is 0.345 e. The second-order valence-electron chi connectivity index (χ2n) is 7.91. The predicted molar refractivity (Wildman–Crippen MR) is 118 cm³/mol. The van der Waals surface area contributed by atoms with Gasteiger partial charge in [0.25, 0.3) is 0 Å². The Hall–Kier alpha value is -2.07. The molecular weight excluding hydrogens is 412 g/mol. The smallest absolute Gasteiger partial charge is 0.222 e. The zero-order valence-corrected chi connectivity index (χ0v) is 18.0. The number of halogens is 1. The van der Waals surface area contributed by atoms with Gasteiger partial charge in [0.2, 0.25) is 5.91 Å². The van der Waals surface area contributed by atoms with Crippen molar-refractivity contribution in [3.8, 4) is 0 Å². The zero-order valence-electron chi connectivity index (χ0n) is 16.4. The summed E-state index contributed by atoms with van der Waals surface area (Å²) in [5.74, 6) is 0.936. The number of amides is 1. The van der Waals surface area contributed by atoms with Gasteiger partial charge in [0, 0.05) is 47.1 Å². The molecule has 0 radical (unpaired) electrons. The summed E-state index contributed by atoms with van der Waals surface area (Å²) in [4.78, 5) is 14.6. The maximum absolute atomic E-state index is 12.6. The van der Waals surface area contributed by atoms with E-state index in [0.717, 1.165) is 43.4 Å². The number of aryl methyl sites for hydroxylation is 2. The van der Waals surface area contributed by atoms with Gasteiger partial charge in [-0.25, -0.2) is 0 Å². The molecule has 3 nitrogen and oxygen atoms in total. The highest BCUT2D eigenvalue weighted by Crippen LogP contribution is 2.27. The fourth-order valence-electron chi connectivity index (χ4n) is 4.30. The Morgan fingerprint density at radius 2 is 1.82 bits per heavy atom. The lowest BCUT2D eigenvalue weighted by molar-refractivity contribution is -0.132. The van der Waals surface area contributed by atoms with Crippen molar-refractivity contribution in [3.05, 3.63) is 70.3 Å². The standard InChI is InChI=1S/C24H27BrN2O/c1-18-15-21-16-22(25)8-9-23(21)27(18)17-20-11-13-26(14-12-20)24(28)10-7-19-5-3-2-4-6-19/h2-6,8-9,15-16,20H,7,10-14,17H2,1H3. The highest BCUT2D eigenvalue weighted by atomic mass is 79.9. The first-order chi connectivity index (χ1) is 13.6. The van der Waals surface area contributed by atoms with E-state index in [4.69, 9.17) is 0 Å². The first kappa shape index (κ1) is 19.3. The SMILES string of the molecule is Cc1cc2cc(Br)ccc2n1CC1CCN(C(=O)CCc2ccccc2)CC1. The van der Waals surface area contributed by atoms with Gasteiger partial charge in [-0.3, -0.25) is 4.79 Å². The first-order valence-corrected chi connectivity index (χ1v) is 11.0. The molecular formula is C24H27BrN2O. The van der Waals surface area contributed by atoms with Crippen molar-refractivity contribution in [1.82, 2.24) is 9.47 Å². The summed E-state index contributed by atoms with van der Waals surface area (Å²) in [5.41, 5.74) is 3.86. The molecule has 146 valence electrons. The second-order valence-corrected chi connectivity index (χ2v) is 8.82. The molecule has 1 fully saturated rings. The fourth-order valence-corrected chi connectivity index (χ4v) is 4.68. The molecule has 0 aliphatic carbocycles. The number of rotatable bonds is 5. The van der Waals surface area contributed by atoms with Crippen molar-refractivity contribution in [2.24, 2.45) is 5.92 Å². The Kier molecular flexibility index (Phi) is 5.86. The number of nitrogens with zero attached hydrogens (tertiary/aromatic N) is 2. The average Bonchev–Trinajstić information content (AvgIpc) is 3.01. The summed E-state index contributed by atoms with van der Waals surface area (Å²) in [5, 5.41) is 1.29. The summed E-state index contributed by atoms with van der Waals surface area (Å²) in [6, 6.07) is 19.1. The van der Waals surface area contributed by atoms with Crippen molar-refractivity contribution in [3.63, 3.8) is 0 Å². The van der Waals surface area contributed by atoms with Crippen LogP contribution >= 0.6 is 15.9 Å². The van der Waals surface area contributed by atoms with Crippen molar-refractivity contribution >= 4 is 32.7 Å². The van der Waals surface area contributed by atoms with E-state index in [2.05, 4.69) is 68.7 Å². The van der Waals surface area contributed by atoms with Crippen LogP contribution in [-0.2, 0) is 17.8 Å². The third kappa shape index (κ3) is 4.33. The van der Waals surface area contributed by atoms with Crippen LogP contribution in [0.15, 0.2) is 59.1 Å². The molecule has 0 spiro atoms. The van der Waals surface area contributed by atoms with E-state index in [1.165, 1.54) is 22.2 Å². The Bertz CT molecular complexity index is 955. The number of aromatic nitrogens is 1. The van der Waals surface area contributed by atoms with Crippen molar-refractivity contribution < 1.29 is 4.79 Å². The Morgan fingerprint density at radius 3 is 2.57 bits per heavy atom. The molecule has 2 aromatic carbocycles. The van der Waals surface area contributed by atoms with E-state index in [9.17, 15) is 4.79 Å². The maximum atomic E-state index is 12.6. The van der Waals surface area contributed by atoms with Gasteiger partial charge in [-0.15, -0.1) is 0 Å². The molecule has 4 rings (SSSR count). The predicted octanol–water partition coefficient (Wildman–Crippen LogP) is 5.58. The van der Waals surface area contributed by atoms with Crippen LogP contribution in [0.2, 0.25) is 0 Å². The molecule has 3 aromatic rings. The van der Waals surface area contributed by atoms with Gasteiger partial charge in [-0.05, 0) is 61.9 Å². The number of hydrogen-bond donors (Lipinski definition) is 0. The third-order valence-electron chi connectivity index (χ3n) is 5.95. The van der Waals surface area contributed by atoms with E-state index < -0.39 is 0 Å². The molecule has 1 aliphatic rings. The molecule has 1 saturated heterocycles. The van der Waals surface area contributed by atoms with Crippen LogP contribution in [0.5, 0.6) is 0 Å². The molecule has 0 atom stereocenters. The summed E-state index contributed by atoms with van der Waals surface area (Å²) in [6.07, 6.45) is 3.63. The fraction of sp³-hybridized carbons (Fsp3) is 0.375. The van der Waals surface area contributed by atoms with E-state index in [1.54, 1.807) is 0 Å². The van der Waals surface area contributed by atoms with Crippen LogP contribution < -0.4 is 0 Å².